The molecule has 10 nitrogen and oxygen atoms in total. The molecular formula is C31H25BrFN3O7S. The number of non-ortho nitro benzene ring substituents is 1. The number of aromatic nitrogens is 1. The number of hydrogen-bond donors (Lipinski definition) is 0. The van der Waals surface area contributed by atoms with Crippen molar-refractivity contribution in [1.29, 1.82) is 0 Å². The van der Waals surface area contributed by atoms with Crippen molar-refractivity contribution in [3.63, 3.8) is 0 Å². The number of fused-ring (bicyclic) bond motifs is 1. The number of halogens is 2. The zero-order valence-electron chi connectivity index (χ0n) is 23.7. The lowest BCUT2D eigenvalue weighted by Crippen LogP contribution is -2.39. The number of carbonyl (C=O) groups excluding carboxylic acids is 1. The molecule has 4 aromatic rings. The summed E-state index contributed by atoms with van der Waals surface area (Å²) in [5, 5.41) is 11.3. The molecule has 0 saturated carbocycles. The van der Waals surface area contributed by atoms with Gasteiger partial charge in [0.25, 0.3) is 11.2 Å². The van der Waals surface area contributed by atoms with Crippen molar-refractivity contribution in [2.45, 2.75) is 26.5 Å². The Morgan fingerprint density at radius 1 is 1.18 bits per heavy atom. The number of nitro groups is 1. The first-order valence-electron chi connectivity index (χ1n) is 13.3. The van der Waals surface area contributed by atoms with Crippen LogP contribution in [0.25, 0.3) is 6.08 Å². The van der Waals surface area contributed by atoms with Crippen molar-refractivity contribution in [3.8, 4) is 11.5 Å². The highest BCUT2D eigenvalue weighted by molar-refractivity contribution is 9.10. The summed E-state index contributed by atoms with van der Waals surface area (Å²) in [5.74, 6) is -0.280. The van der Waals surface area contributed by atoms with Gasteiger partial charge in [-0.25, -0.2) is 14.2 Å². The third kappa shape index (κ3) is 6.06. The summed E-state index contributed by atoms with van der Waals surface area (Å²) < 4.78 is 33.1. The second-order valence-electron chi connectivity index (χ2n) is 9.56. The number of rotatable bonds is 9. The lowest BCUT2D eigenvalue weighted by atomic mass is 9.95. The Kier molecular flexibility index (Phi) is 9.06. The minimum absolute atomic E-state index is 0.0157. The number of ether oxygens (including phenoxy) is 3. The second kappa shape index (κ2) is 12.9. The van der Waals surface area contributed by atoms with Gasteiger partial charge in [0.05, 0.1) is 40.5 Å². The first-order valence-corrected chi connectivity index (χ1v) is 14.9. The highest BCUT2D eigenvalue weighted by atomic mass is 79.9. The van der Waals surface area contributed by atoms with E-state index >= 15 is 0 Å². The summed E-state index contributed by atoms with van der Waals surface area (Å²) in [6, 6.07) is 14.4. The van der Waals surface area contributed by atoms with E-state index in [4.69, 9.17) is 14.2 Å². The lowest BCUT2D eigenvalue weighted by molar-refractivity contribution is -0.384. The van der Waals surface area contributed by atoms with Gasteiger partial charge in [-0.05, 0) is 61.4 Å². The Morgan fingerprint density at radius 3 is 2.57 bits per heavy atom. The third-order valence-corrected chi connectivity index (χ3v) is 8.52. The molecule has 0 radical (unpaired) electrons. The Labute approximate surface area is 262 Å². The average molecular weight is 683 g/mol. The predicted octanol–water partition coefficient (Wildman–Crippen LogP) is 5.20. The molecule has 0 aliphatic carbocycles. The van der Waals surface area contributed by atoms with Crippen LogP contribution in [-0.2, 0) is 16.1 Å². The van der Waals surface area contributed by atoms with Gasteiger partial charge in [-0.3, -0.25) is 19.5 Å². The standard InChI is InChI=1S/C31H25BrFN3O7S/c1-4-42-30(38)27-17(2)34-31-35(28(27)18-9-11-21(12-10-18)36(39)40)29(37)26(44-31)14-20-13-24(41-3)25(15-22(20)32)43-16-19-7-5-6-8-23(19)33/h5-15,28H,4,16H2,1-3H3/b26-14+/t28-/m1/s1. The van der Waals surface area contributed by atoms with Crippen molar-refractivity contribution >= 4 is 45.0 Å². The first-order chi connectivity index (χ1) is 21.1. The van der Waals surface area contributed by atoms with Gasteiger partial charge in [0.15, 0.2) is 16.3 Å². The molecule has 1 aliphatic heterocycles. The molecule has 0 unspecified atom stereocenters. The topological polar surface area (TPSA) is 122 Å². The molecule has 2 heterocycles. The van der Waals surface area contributed by atoms with Crippen molar-refractivity contribution in [3.05, 3.63) is 129 Å². The van der Waals surface area contributed by atoms with Gasteiger partial charge in [-0.1, -0.05) is 45.5 Å². The van der Waals surface area contributed by atoms with Crippen LogP contribution in [0.15, 0.2) is 86.2 Å². The van der Waals surface area contributed by atoms with E-state index < -0.39 is 22.5 Å². The summed E-state index contributed by atoms with van der Waals surface area (Å²) in [4.78, 5) is 42.6. The molecular weight excluding hydrogens is 657 g/mol. The SMILES string of the molecule is CCOC(=O)C1=C(C)N=c2s/c(=C/c3cc(OC)c(OCc4ccccc4F)cc3Br)c(=O)n2[C@@H]1c1ccc([N+](=O)[O-])cc1. The van der Waals surface area contributed by atoms with Gasteiger partial charge in [-0.15, -0.1) is 0 Å². The number of benzene rings is 3. The van der Waals surface area contributed by atoms with Crippen LogP contribution in [-0.4, -0.2) is 29.2 Å². The normalized spacial score (nSPS) is 14.6. The molecule has 226 valence electrons. The molecule has 1 atom stereocenters. The van der Waals surface area contributed by atoms with Gasteiger partial charge in [0.1, 0.15) is 12.4 Å². The molecule has 0 spiro atoms. The summed E-state index contributed by atoms with van der Waals surface area (Å²) in [6.07, 6.45) is 1.66. The van der Waals surface area contributed by atoms with Crippen LogP contribution in [0.2, 0.25) is 0 Å². The van der Waals surface area contributed by atoms with E-state index in [1.165, 1.54) is 42.0 Å². The molecule has 0 bridgehead atoms. The zero-order chi connectivity index (χ0) is 31.5. The van der Waals surface area contributed by atoms with Crippen LogP contribution in [0.1, 0.15) is 36.6 Å². The molecule has 1 aliphatic rings. The summed E-state index contributed by atoms with van der Waals surface area (Å²) in [7, 11) is 1.47. The Hall–Kier alpha value is -4.62. The van der Waals surface area contributed by atoms with Crippen LogP contribution >= 0.6 is 27.3 Å². The van der Waals surface area contributed by atoms with Gasteiger partial charge in [0, 0.05) is 22.2 Å². The van der Waals surface area contributed by atoms with Crippen LogP contribution in [0, 0.1) is 15.9 Å². The van der Waals surface area contributed by atoms with Gasteiger partial charge in [-0.2, -0.15) is 0 Å². The Morgan fingerprint density at radius 2 is 1.91 bits per heavy atom. The van der Waals surface area contributed by atoms with Crippen LogP contribution < -0.4 is 24.4 Å². The molecule has 3 aromatic carbocycles. The maximum atomic E-state index is 14.1. The fourth-order valence-corrected chi connectivity index (χ4v) is 6.21. The molecule has 0 N–H and O–H groups in total. The van der Waals surface area contributed by atoms with Crippen molar-refractivity contribution < 1.29 is 28.3 Å². The Bertz CT molecular complexity index is 1990. The third-order valence-electron chi connectivity index (χ3n) is 6.85. The first kappa shape index (κ1) is 30.8. The number of carbonyl (C=O) groups is 1. The molecule has 0 fully saturated rings. The fraction of sp³-hybridized carbons (Fsp3) is 0.194. The zero-order valence-corrected chi connectivity index (χ0v) is 26.1. The highest BCUT2D eigenvalue weighted by Gasteiger charge is 2.33. The largest absolute Gasteiger partial charge is 0.493 e. The summed E-state index contributed by atoms with van der Waals surface area (Å²) >= 11 is 4.66. The van der Waals surface area contributed by atoms with E-state index in [0.29, 0.717) is 47.7 Å². The average Bonchev–Trinajstić information content (AvgIpc) is 3.31. The molecule has 44 heavy (non-hydrogen) atoms. The number of methoxy groups -OCH3 is 1. The number of thiazole rings is 1. The summed E-state index contributed by atoms with van der Waals surface area (Å²) in [6.45, 7) is 3.43. The Balaban J connectivity index is 1.59. The number of allylic oxidation sites excluding steroid dienone is 1. The maximum absolute atomic E-state index is 14.1. The number of nitrogens with zero attached hydrogens (tertiary/aromatic N) is 3. The van der Waals surface area contributed by atoms with Gasteiger partial charge >= 0.3 is 5.97 Å². The van der Waals surface area contributed by atoms with Crippen molar-refractivity contribution in [2.24, 2.45) is 4.99 Å². The highest BCUT2D eigenvalue weighted by Crippen LogP contribution is 2.35. The van der Waals surface area contributed by atoms with Crippen LogP contribution in [0.3, 0.4) is 0 Å². The summed E-state index contributed by atoms with van der Waals surface area (Å²) in [5.41, 5.74) is 1.46. The minimum atomic E-state index is -0.916. The quantitative estimate of drug-likeness (QED) is 0.135. The molecule has 13 heteroatoms. The fourth-order valence-electron chi connectivity index (χ4n) is 4.73. The predicted molar refractivity (Wildman–Crippen MR) is 165 cm³/mol. The minimum Gasteiger partial charge on any atom is -0.493 e. The van der Waals surface area contributed by atoms with Crippen molar-refractivity contribution in [2.75, 3.05) is 13.7 Å². The van der Waals surface area contributed by atoms with Gasteiger partial charge in [0.2, 0.25) is 0 Å². The smallest absolute Gasteiger partial charge is 0.338 e. The lowest BCUT2D eigenvalue weighted by Gasteiger charge is -2.24. The van der Waals surface area contributed by atoms with Crippen LogP contribution in [0.5, 0.6) is 11.5 Å². The number of esters is 1. The molecule has 1 aromatic heterocycles. The van der Waals surface area contributed by atoms with E-state index in [9.17, 15) is 24.1 Å². The number of nitro benzene ring substituents is 1. The maximum Gasteiger partial charge on any atom is 0.338 e. The van der Waals surface area contributed by atoms with Gasteiger partial charge < -0.3 is 14.2 Å². The monoisotopic (exact) mass is 681 g/mol. The van der Waals surface area contributed by atoms with E-state index in [-0.39, 0.29) is 30.3 Å². The van der Waals surface area contributed by atoms with Crippen LogP contribution in [0.4, 0.5) is 10.1 Å². The van der Waals surface area contributed by atoms with Crippen molar-refractivity contribution in [1.82, 2.24) is 4.57 Å². The molecule has 0 saturated heterocycles. The number of hydrogen-bond acceptors (Lipinski definition) is 9. The van der Waals surface area contributed by atoms with E-state index in [1.807, 2.05) is 0 Å². The molecule has 0 amide bonds. The van der Waals surface area contributed by atoms with E-state index in [1.54, 1.807) is 50.3 Å². The van der Waals surface area contributed by atoms with E-state index in [2.05, 4.69) is 20.9 Å². The second-order valence-corrected chi connectivity index (χ2v) is 11.4. The molecule has 5 rings (SSSR count). The van der Waals surface area contributed by atoms with E-state index in [0.717, 1.165) is 11.3 Å².